The van der Waals surface area contributed by atoms with Crippen LogP contribution in [-0.4, -0.2) is 53.7 Å². The third-order valence-corrected chi connectivity index (χ3v) is 3.13. The minimum absolute atomic E-state index is 0.0567. The second-order valence-electron chi connectivity index (χ2n) is 4.92. The first kappa shape index (κ1) is 16.3. The average molecular weight is 286 g/mol. The van der Waals surface area contributed by atoms with Gasteiger partial charge in [0, 0.05) is 12.6 Å². The van der Waals surface area contributed by atoms with E-state index in [1.165, 1.54) is 4.90 Å². The molecule has 0 aromatic rings. The van der Waals surface area contributed by atoms with Gasteiger partial charge in [0.1, 0.15) is 6.54 Å². The molecule has 0 bridgehead atoms. The molecule has 0 spiro atoms. The quantitative estimate of drug-likeness (QED) is 0.644. The number of carboxylic acid groups (broad SMARTS) is 1. The lowest BCUT2D eigenvalue weighted by atomic mass is 10.1. The van der Waals surface area contributed by atoms with Gasteiger partial charge in [-0.25, -0.2) is 4.79 Å². The SMILES string of the molecule is CCOC(=O)CN(C(=O)NCCC(C)C(=O)O)C1CC1. The molecule has 7 nitrogen and oxygen atoms in total. The number of carboxylic acids is 1. The van der Waals surface area contributed by atoms with Gasteiger partial charge >= 0.3 is 18.0 Å². The molecule has 1 aliphatic rings. The number of urea groups is 1. The smallest absolute Gasteiger partial charge is 0.325 e. The topological polar surface area (TPSA) is 95.9 Å². The summed E-state index contributed by atoms with van der Waals surface area (Å²) in [6.07, 6.45) is 2.13. The minimum atomic E-state index is -0.884. The van der Waals surface area contributed by atoms with Gasteiger partial charge in [0.05, 0.1) is 12.5 Å². The Labute approximate surface area is 118 Å². The summed E-state index contributed by atoms with van der Waals surface area (Å²) in [7, 11) is 0. The van der Waals surface area contributed by atoms with E-state index < -0.39 is 17.9 Å². The Morgan fingerprint density at radius 2 is 2.05 bits per heavy atom. The fourth-order valence-electron chi connectivity index (χ4n) is 1.72. The van der Waals surface area contributed by atoms with Crippen molar-refractivity contribution in [3.8, 4) is 0 Å². The second kappa shape index (κ2) is 7.72. The lowest BCUT2D eigenvalue weighted by molar-refractivity contribution is -0.144. The maximum atomic E-state index is 12.0. The molecule has 0 radical (unpaired) electrons. The number of aliphatic carboxylic acids is 1. The molecule has 1 fully saturated rings. The van der Waals surface area contributed by atoms with Gasteiger partial charge in [-0.2, -0.15) is 0 Å². The first-order valence-electron chi connectivity index (χ1n) is 6.88. The summed E-state index contributed by atoms with van der Waals surface area (Å²) >= 11 is 0. The van der Waals surface area contributed by atoms with Crippen molar-refractivity contribution in [1.29, 1.82) is 0 Å². The molecule has 2 amide bonds. The predicted molar refractivity (Wildman–Crippen MR) is 71.2 cm³/mol. The molecule has 0 heterocycles. The van der Waals surface area contributed by atoms with Crippen LogP contribution in [0.15, 0.2) is 0 Å². The molecule has 1 unspecified atom stereocenters. The van der Waals surface area contributed by atoms with Gasteiger partial charge in [0.25, 0.3) is 0 Å². The van der Waals surface area contributed by atoms with E-state index in [-0.39, 0.29) is 31.8 Å². The zero-order valence-electron chi connectivity index (χ0n) is 11.9. The molecule has 0 aromatic carbocycles. The van der Waals surface area contributed by atoms with Crippen LogP contribution >= 0.6 is 0 Å². The second-order valence-corrected chi connectivity index (χ2v) is 4.92. The van der Waals surface area contributed by atoms with E-state index in [2.05, 4.69) is 5.32 Å². The normalized spacial score (nSPS) is 15.3. The molecular formula is C13H22N2O5. The Kier molecular flexibility index (Phi) is 6.27. The fourth-order valence-corrected chi connectivity index (χ4v) is 1.72. The van der Waals surface area contributed by atoms with Crippen LogP contribution in [0.1, 0.15) is 33.1 Å². The molecule has 0 aromatic heterocycles. The van der Waals surface area contributed by atoms with Crippen LogP contribution in [0.4, 0.5) is 4.79 Å². The van der Waals surface area contributed by atoms with Gasteiger partial charge in [0.15, 0.2) is 0 Å². The number of carbonyl (C=O) groups excluding carboxylic acids is 2. The monoisotopic (exact) mass is 286 g/mol. The van der Waals surface area contributed by atoms with Gasteiger partial charge in [-0.15, -0.1) is 0 Å². The van der Waals surface area contributed by atoms with E-state index in [9.17, 15) is 14.4 Å². The number of nitrogens with one attached hydrogen (secondary N) is 1. The Morgan fingerprint density at radius 3 is 2.55 bits per heavy atom. The van der Waals surface area contributed by atoms with Gasteiger partial charge in [0.2, 0.25) is 0 Å². The standard InChI is InChI=1S/C13H22N2O5/c1-3-20-11(16)8-15(10-4-5-10)13(19)14-7-6-9(2)12(17)18/h9-10H,3-8H2,1-2H3,(H,14,19)(H,17,18). The number of amides is 2. The van der Waals surface area contributed by atoms with Crippen LogP contribution in [-0.2, 0) is 14.3 Å². The van der Waals surface area contributed by atoms with Crippen LogP contribution in [0.25, 0.3) is 0 Å². The van der Waals surface area contributed by atoms with Crippen molar-refractivity contribution < 1.29 is 24.2 Å². The van der Waals surface area contributed by atoms with Crippen molar-refractivity contribution in [2.45, 2.75) is 39.2 Å². The summed E-state index contributed by atoms with van der Waals surface area (Å²) in [5.74, 6) is -1.81. The molecule has 1 aliphatic carbocycles. The van der Waals surface area contributed by atoms with Crippen molar-refractivity contribution >= 4 is 18.0 Å². The van der Waals surface area contributed by atoms with E-state index in [4.69, 9.17) is 9.84 Å². The van der Waals surface area contributed by atoms with Crippen molar-refractivity contribution in [1.82, 2.24) is 10.2 Å². The Balaban J connectivity index is 2.37. The minimum Gasteiger partial charge on any atom is -0.481 e. The number of esters is 1. The summed E-state index contributed by atoms with van der Waals surface area (Å²) in [6.45, 7) is 3.81. The molecule has 0 saturated heterocycles. The van der Waals surface area contributed by atoms with E-state index in [1.807, 2.05) is 0 Å². The third-order valence-electron chi connectivity index (χ3n) is 3.13. The van der Waals surface area contributed by atoms with Crippen LogP contribution in [0.2, 0.25) is 0 Å². The molecule has 20 heavy (non-hydrogen) atoms. The predicted octanol–water partition coefficient (Wildman–Crippen LogP) is 0.834. The summed E-state index contributed by atoms with van der Waals surface area (Å²) in [5.41, 5.74) is 0. The number of carbonyl (C=O) groups is 3. The Morgan fingerprint density at radius 1 is 1.40 bits per heavy atom. The van der Waals surface area contributed by atoms with Gasteiger partial charge < -0.3 is 20.1 Å². The maximum Gasteiger partial charge on any atom is 0.325 e. The summed E-state index contributed by atoms with van der Waals surface area (Å²) in [4.78, 5) is 35.5. The van der Waals surface area contributed by atoms with Crippen molar-refractivity contribution in [3.05, 3.63) is 0 Å². The Hall–Kier alpha value is -1.79. The fraction of sp³-hybridized carbons (Fsp3) is 0.769. The number of hydrogen-bond acceptors (Lipinski definition) is 4. The van der Waals surface area contributed by atoms with E-state index in [0.29, 0.717) is 6.42 Å². The Bertz CT molecular complexity index is 368. The molecule has 2 N–H and O–H groups in total. The highest BCUT2D eigenvalue weighted by Gasteiger charge is 2.34. The van der Waals surface area contributed by atoms with E-state index >= 15 is 0 Å². The van der Waals surface area contributed by atoms with E-state index in [1.54, 1.807) is 13.8 Å². The lowest BCUT2D eigenvalue weighted by Gasteiger charge is -2.22. The van der Waals surface area contributed by atoms with Crippen LogP contribution in [0.5, 0.6) is 0 Å². The van der Waals surface area contributed by atoms with Crippen LogP contribution in [0.3, 0.4) is 0 Å². The van der Waals surface area contributed by atoms with Gasteiger partial charge in [-0.05, 0) is 26.2 Å². The third kappa shape index (κ3) is 5.46. The van der Waals surface area contributed by atoms with Gasteiger partial charge in [-0.3, -0.25) is 9.59 Å². The molecule has 1 saturated carbocycles. The molecule has 1 atom stereocenters. The van der Waals surface area contributed by atoms with Crippen LogP contribution in [0, 0.1) is 5.92 Å². The van der Waals surface area contributed by atoms with Gasteiger partial charge in [-0.1, -0.05) is 6.92 Å². The van der Waals surface area contributed by atoms with Crippen molar-refractivity contribution in [3.63, 3.8) is 0 Å². The average Bonchev–Trinajstić information content (AvgIpc) is 3.20. The summed E-state index contributed by atoms with van der Waals surface area (Å²) in [5, 5.41) is 11.4. The number of rotatable bonds is 8. The van der Waals surface area contributed by atoms with Crippen molar-refractivity contribution in [2.24, 2.45) is 5.92 Å². The van der Waals surface area contributed by atoms with Crippen LogP contribution < -0.4 is 5.32 Å². The van der Waals surface area contributed by atoms with E-state index in [0.717, 1.165) is 12.8 Å². The number of hydrogen-bond donors (Lipinski definition) is 2. The molecular weight excluding hydrogens is 264 g/mol. The highest BCUT2D eigenvalue weighted by Crippen LogP contribution is 2.26. The first-order valence-corrected chi connectivity index (χ1v) is 6.88. The molecule has 114 valence electrons. The summed E-state index contributed by atoms with van der Waals surface area (Å²) in [6, 6.07) is -0.241. The highest BCUT2D eigenvalue weighted by atomic mass is 16.5. The largest absolute Gasteiger partial charge is 0.481 e. The molecule has 0 aliphatic heterocycles. The lowest BCUT2D eigenvalue weighted by Crippen LogP contribution is -2.45. The maximum absolute atomic E-state index is 12.0. The number of ether oxygens (including phenoxy) is 1. The zero-order chi connectivity index (χ0) is 15.1. The highest BCUT2D eigenvalue weighted by molar-refractivity contribution is 5.81. The van der Waals surface area contributed by atoms with Crippen molar-refractivity contribution in [2.75, 3.05) is 19.7 Å². The first-order chi connectivity index (χ1) is 9.45. The zero-order valence-corrected chi connectivity index (χ0v) is 11.9. The molecule has 1 rings (SSSR count). The summed E-state index contributed by atoms with van der Waals surface area (Å²) < 4.78 is 4.84. The number of nitrogens with zero attached hydrogens (tertiary/aromatic N) is 1. The molecule has 7 heteroatoms.